The van der Waals surface area contributed by atoms with Crippen molar-refractivity contribution >= 4 is 0 Å². The molecule has 2 rings (SSSR count). The lowest BCUT2D eigenvalue weighted by Crippen LogP contribution is -2.28. The first-order chi connectivity index (χ1) is 9.38. The predicted molar refractivity (Wildman–Crippen MR) is 68.6 cm³/mol. The average Bonchev–Trinajstić information content (AvgIpc) is 2.47. The molecule has 0 saturated carbocycles. The monoisotopic (exact) mass is 260 g/mol. The van der Waals surface area contributed by atoms with Crippen LogP contribution in [-0.4, -0.2) is 27.0 Å². The Bertz CT molecular complexity index is 425. The summed E-state index contributed by atoms with van der Waals surface area (Å²) in [6.45, 7) is 1.04. The smallest absolute Gasteiger partial charge is 0.140 e. The fourth-order valence-corrected chi connectivity index (χ4v) is 1.61. The van der Waals surface area contributed by atoms with Gasteiger partial charge in [0, 0.05) is 12.4 Å². The van der Waals surface area contributed by atoms with Crippen LogP contribution in [0.25, 0.3) is 0 Å². The summed E-state index contributed by atoms with van der Waals surface area (Å²) in [7, 11) is 0. The van der Waals surface area contributed by atoms with Crippen LogP contribution in [0.3, 0.4) is 0 Å². The summed E-state index contributed by atoms with van der Waals surface area (Å²) in [5.74, 6) is 0. The van der Waals surface area contributed by atoms with E-state index in [4.69, 9.17) is 10.0 Å². The normalized spacial score (nSPS) is 10.8. The van der Waals surface area contributed by atoms with E-state index in [0.29, 0.717) is 13.1 Å². The highest BCUT2D eigenvalue weighted by atomic mass is 16.7. The fraction of sp³-hybridized carbons (Fsp3) is 0.231. The fourth-order valence-electron chi connectivity index (χ4n) is 1.61. The van der Waals surface area contributed by atoms with Crippen molar-refractivity contribution in [2.24, 2.45) is 0 Å². The number of hydrogen-bond donors (Lipinski definition) is 2. The number of hydrogen-bond acceptors (Lipinski definition) is 6. The summed E-state index contributed by atoms with van der Waals surface area (Å²) in [5, 5.41) is 10.3. The molecule has 0 atom stereocenters. The van der Waals surface area contributed by atoms with Gasteiger partial charge in [0.25, 0.3) is 0 Å². The molecular weight excluding hydrogens is 244 g/mol. The van der Waals surface area contributed by atoms with Gasteiger partial charge in [-0.05, 0) is 24.3 Å². The Morgan fingerprint density at radius 2 is 1.58 bits per heavy atom. The zero-order valence-electron chi connectivity index (χ0n) is 10.4. The molecule has 19 heavy (non-hydrogen) atoms. The largest absolute Gasteiger partial charge is 0.314 e. The molecule has 2 heterocycles. The van der Waals surface area contributed by atoms with Gasteiger partial charge in [0.2, 0.25) is 0 Å². The van der Waals surface area contributed by atoms with Gasteiger partial charge in [-0.25, -0.2) is 0 Å². The van der Waals surface area contributed by atoms with Gasteiger partial charge in [-0.3, -0.25) is 14.8 Å². The van der Waals surface area contributed by atoms with Gasteiger partial charge in [-0.1, -0.05) is 12.1 Å². The van der Waals surface area contributed by atoms with Crippen molar-refractivity contribution in [1.29, 1.82) is 0 Å². The first-order valence-corrected chi connectivity index (χ1v) is 5.93. The first kappa shape index (κ1) is 13.6. The molecule has 0 bridgehead atoms. The Kier molecular flexibility index (Phi) is 5.39. The van der Waals surface area contributed by atoms with Crippen molar-refractivity contribution in [3.05, 3.63) is 60.2 Å². The van der Waals surface area contributed by atoms with Gasteiger partial charge >= 0.3 is 0 Å². The third-order valence-corrected chi connectivity index (χ3v) is 2.44. The van der Waals surface area contributed by atoms with E-state index in [-0.39, 0.29) is 6.73 Å². The molecule has 0 unspecified atom stereocenters. The number of rotatable bonds is 7. The van der Waals surface area contributed by atoms with Crippen molar-refractivity contribution in [1.82, 2.24) is 20.5 Å². The van der Waals surface area contributed by atoms with Crippen molar-refractivity contribution in [3.8, 4) is 0 Å². The lowest BCUT2D eigenvalue weighted by Gasteiger charge is -2.20. The van der Waals surface area contributed by atoms with Gasteiger partial charge in [0.1, 0.15) is 6.73 Å². The van der Waals surface area contributed by atoms with Crippen LogP contribution in [0, 0.1) is 0 Å². The maximum Gasteiger partial charge on any atom is 0.140 e. The maximum absolute atomic E-state index is 8.61. The highest BCUT2D eigenvalue weighted by Gasteiger charge is 2.09. The third-order valence-electron chi connectivity index (χ3n) is 2.44. The lowest BCUT2D eigenvalue weighted by atomic mass is 10.3. The third kappa shape index (κ3) is 4.72. The number of pyridine rings is 2. The second-order valence-corrected chi connectivity index (χ2v) is 3.87. The average molecular weight is 260 g/mol. The van der Waals surface area contributed by atoms with Crippen LogP contribution in [0.5, 0.6) is 0 Å². The molecule has 6 heteroatoms. The lowest BCUT2D eigenvalue weighted by molar-refractivity contribution is -0.198. The number of aromatic nitrogens is 2. The molecule has 100 valence electrons. The molecule has 0 aliphatic rings. The van der Waals surface area contributed by atoms with E-state index < -0.39 is 0 Å². The topological polar surface area (TPSA) is 70.5 Å². The molecule has 2 aromatic heterocycles. The van der Waals surface area contributed by atoms with Crippen LogP contribution >= 0.6 is 0 Å². The molecular formula is C13H16N4O2. The molecule has 2 aromatic rings. The zero-order valence-corrected chi connectivity index (χ0v) is 10.4. The summed E-state index contributed by atoms with van der Waals surface area (Å²) >= 11 is 0. The van der Waals surface area contributed by atoms with E-state index in [9.17, 15) is 0 Å². The molecule has 0 aliphatic heterocycles. The quantitative estimate of drug-likeness (QED) is 0.578. The van der Waals surface area contributed by atoms with E-state index in [1.165, 1.54) is 0 Å². The van der Waals surface area contributed by atoms with Gasteiger partial charge < -0.3 is 5.21 Å². The minimum Gasteiger partial charge on any atom is -0.314 e. The molecule has 0 spiro atoms. The SMILES string of the molecule is ONCON(Cc1ccccn1)Cc1ccccn1. The minimum absolute atomic E-state index is 0.0136. The molecule has 6 nitrogen and oxygen atoms in total. The summed E-state index contributed by atoms with van der Waals surface area (Å²) in [6, 6.07) is 11.4. The molecule has 0 aliphatic carbocycles. The van der Waals surface area contributed by atoms with Crippen LogP contribution in [0.1, 0.15) is 11.4 Å². The Balaban J connectivity index is 1.99. The van der Waals surface area contributed by atoms with E-state index in [0.717, 1.165) is 11.4 Å². The molecule has 0 fully saturated rings. The van der Waals surface area contributed by atoms with Crippen LogP contribution in [-0.2, 0) is 17.9 Å². The van der Waals surface area contributed by atoms with Crippen LogP contribution < -0.4 is 5.48 Å². The number of hydroxylamine groups is 3. The number of nitrogens with one attached hydrogen (secondary N) is 1. The highest BCUT2D eigenvalue weighted by molar-refractivity contribution is 5.05. The van der Waals surface area contributed by atoms with E-state index >= 15 is 0 Å². The Morgan fingerprint density at radius 3 is 2.00 bits per heavy atom. The zero-order chi connectivity index (χ0) is 13.3. The summed E-state index contributed by atoms with van der Waals surface area (Å²) < 4.78 is 0. The minimum atomic E-state index is 0.0136. The molecule has 0 aromatic carbocycles. The molecule has 0 amide bonds. The van der Waals surface area contributed by atoms with Crippen LogP contribution in [0.4, 0.5) is 0 Å². The maximum atomic E-state index is 8.61. The van der Waals surface area contributed by atoms with E-state index in [1.807, 2.05) is 41.9 Å². The van der Waals surface area contributed by atoms with Gasteiger partial charge in [0.05, 0.1) is 24.5 Å². The molecule has 2 N–H and O–H groups in total. The molecule has 0 saturated heterocycles. The standard InChI is InChI=1S/C13H16N4O2/c18-16-11-19-17(9-12-5-1-3-7-14-12)10-13-6-2-4-8-15-13/h1-8,16,18H,9-11H2. The van der Waals surface area contributed by atoms with Crippen molar-refractivity contribution in [2.75, 3.05) is 6.73 Å². The number of nitrogens with zero attached hydrogens (tertiary/aromatic N) is 3. The summed E-state index contributed by atoms with van der Waals surface area (Å²) in [6.07, 6.45) is 3.47. The highest BCUT2D eigenvalue weighted by Crippen LogP contribution is 2.06. The van der Waals surface area contributed by atoms with Crippen molar-refractivity contribution < 1.29 is 10.0 Å². The van der Waals surface area contributed by atoms with Gasteiger partial charge in [-0.2, -0.15) is 10.5 Å². The first-order valence-electron chi connectivity index (χ1n) is 5.93. The predicted octanol–water partition coefficient (Wildman–Crippen LogP) is 1.35. The second kappa shape index (κ2) is 7.55. The Labute approximate surface area is 111 Å². The molecule has 0 radical (unpaired) electrons. The van der Waals surface area contributed by atoms with Crippen LogP contribution in [0.2, 0.25) is 0 Å². The van der Waals surface area contributed by atoms with Crippen LogP contribution in [0.15, 0.2) is 48.8 Å². The van der Waals surface area contributed by atoms with Crippen molar-refractivity contribution in [2.45, 2.75) is 13.1 Å². The van der Waals surface area contributed by atoms with E-state index in [1.54, 1.807) is 17.5 Å². The second-order valence-electron chi connectivity index (χ2n) is 3.87. The Hall–Kier alpha value is -1.86. The van der Waals surface area contributed by atoms with Gasteiger partial charge in [-0.15, -0.1) is 0 Å². The van der Waals surface area contributed by atoms with Gasteiger partial charge in [0.15, 0.2) is 0 Å². The van der Waals surface area contributed by atoms with E-state index in [2.05, 4.69) is 9.97 Å². The Morgan fingerprint density at radius 1 is 1.00 bits per heavy atom. The summed E-state index contributed by atoms with van der Waals surface area (Å²) in [4.78, 5) is 13.9. The van der Waals surface area contributed by atoms with Crippen molar-refractivity contribution in [3.63, 3.8) is 0 Å². The summed E-state index contributed by atoms with van der Waals surface area (Å²) in [5.41, 5.74) is 3.74.